The first-order valence-electron chi connectivity index (χ1n) is 24.4. The van der Waals surface area contributed by atoms with Crippen LogP contribution in [-0.4, -0.2) is 82.4 Å². The van der Waals surface area contributed by atoms with Crippen LogP contribution in [0.15, 0.2) is 4.40 Å². The van der Waals surface area contributed by atoms with Gasteiger partial charge in [-0.25, -0.2) is 5.14 Å². The molecule has 0 heterocycles. The Morgan fingerprint density at radius 2 is 0.914 bits per heavy atom. The summed E-state index contributed by atoms with van der Waals surface area (Å²) in [6.45, 7) is 9.85. The fourth-order valence-electron chi connectivity index (χ4n) is 7.49. The molecule has 0 atom stereocenters. The van der Waals surface area contributed by atoms with Crippen LogP contribution >= 0.6 is 0 Å². The molecule has 0 aromatic carbocycles. The predicted octanol–water partition coefficient (Wildman–Crippen LogP) is 12.2. The number of nitrogens with two attached hydrogens (primary N) is 1. The van der Waals surface area contributed by atoms with Crippen molar-refractivity contribution < 1.29 is 27.5 Å². The van der Waals surface area contributed by atoms with Crippen molar-refractivity contribution in [1.29, 1.82) is 0 Å². The van der Waals surface area contributed by atoms with Gasteiger partial charge in [0.05, 0.1) is 6.61 Å². The lowest BCUT2D eigenvalue weighted by Crippen LogP contribution is -2.33. The number of nitrogens with zero attached hydrogens (tertiary/aromatic N) is 3. The van der Waals surface area contributed by atoms with Crippen LogP contribution in [0, 0.1) is 0 Å². The van der Waals surface area contributed by atoms with Crippen LogP contribution in [0.25, 0.3) is 0 Å². The number of unbranched alkanes of at least 4 members (excludes halogenated alkanes) is 24. The van der Waals surface area contributed by atoms with E-state index in [1.807, 2.05) is 0 Å². The summed E-state index contributed by atoms with van der Waals surface area (Å²) < 4.78 is 38.7. The lowest BCUT2D eigenvalue weighted by atomic mass is 10.0. The number of rotatable bonds is 43. The minimum atomic E-state index is -3.96. The quantitative estimate of drug-likeness (QED) is 0.0278. The molecule has 0 bridgehead atoms. The molecule has 0 fully saturated rings. The van der Waals surface area contributed by atoms with Crippen LogP contribution in [0.5, 0.6) is 0 Å². The molecule has 0 aliphatic carbocycles. The number of hydrogen-bond donors (Lipinski definition) is 1. The first kappa shape index (κ1) is 56.3. The molecule has 11 heteroatoms. The van der Waals surface area contributed by atoms with Crippen LogP contribution in [0.4, 0.5) is 0 Å². The molecule has 0 radical (unpaired) electrons. The zero-order valence-corrected chi connectivity index (χ0v) is 39.5. The molecular formula is C47H94N4O6S. The molecule has 0 amide bonds. The van der Waals surface area contributed by atoms with Crippen molar-refractivity contribution in [3.63, 3.8) is 0 Å². The SMILES string of the molecule is CCCCCCCCCOC(=O)CCCCCCCN(CCCCCCCC(=O)OC(CCCCCCCC)CCCCCCCC)CC/C(=N/S(N)(=O)=O)N(C)C. The average molecular weight is 843 g/mol. The molecule has 0 aromatic rings. The van der Waals surface area contributed by atoms with Crippen molar-refractivity contribution in [3.05, 3.63) is 0 Å². The molecule has 10 nitrogen and oxygen atoms in total. The number of carbonyl (C=O) groups is 2. The van der Waals surface area contributed by atoms with E-state index in [-0.39, 0.29) is 18.0 Å². The number of amidine groups is 1. The van der Waals surface area contributed by atoms with Crippen molar-refractivity contribution in [3.8, 4) is 0 Å². The van der Waals surface area contributed by atoms with E-state index in [1.165, 1.54) is 96.3 Å². The van der Waals surface area contributed by atoms with Crippen LogP contribution in [-0.2, 0) is 29.3 Å². The van der Waals surface area contributed by atoms with E-state index in [0.717, 1.165) is 116 Å². The standard InChI is InChI=1S/C47H94N4O6S/c1-6-9-12-15-18-27-34-43-56-46(52)37-30-23-19-25-32-40-51(42-39-45(50(4)5)49-58(48,54)55)41-33-26-20-24-31-38-47(53)57-44(35-28-21-16-13-10-7-2)36-29-22-17-14-11-8-3/h44H,6-43H2,1-5H3,(H2,48,54,55)/b49-45-. The third-order valence-corrected chi connectivity index (χ3v) is 11.6. The Morgan fingerprint density at radius 1 is 0.517 bits per heavy atom. The van der Waals surface area contributed by atoms with Crippen molar-refractivity contribution in [1.82, 2.24) is 9.80 Å². The van der Waals surface area contributed by atoms with Crippen molar-refractivity contribution >= 4 is 28.0 Å². The first-order valence-corrected chi connectivity index (χ1v) is 25.9. The Hall–Kier alpha value is -1.72. The highest BCUT2D eigenvalue weighted by Crippen LogP contribution is 2.19. The molecule has 0 aliphatic heterocycles. The summed E-state index contributed by atoms with van der Waals surface area (Å²) in [4.78, 5) is 29.1. The molecule has 0 saturated carbocycles. The van der Waals surface area contributed by atoms with Crippen LogP contribution in [0.1, 0.15) is 239 Å². The molecule has 2 N–H and O–H groups in total. The number of carbonyl (C=O) groups excluding carboxylic acids is 2. The number of hydrogen-bond acceptors (Lipinski definition) is 7. The van der Waals surface area contributed by atoms with Crippen molar-refractivity contribution in [2.45, 2.75) is 245 Å². The van der Waals surface area contributed by atoms with Crippen molar-refractivity contribution in [2.75, 3.05) is 40.3 Å². The topological polar surface area (TPSA) is 132 Å². The zero-order valence-electron chi connectivity index (χ0n) is 38.7. The van der Waals surface area contributed by atoms with Gasteiger partial charge in [0.2, 0.25) is 0 Å². The normalized spacial score (nSPS) is 12.2. The van der Waals surface area contributed by atoms with Gasteiger partial charge in [0.25, 0.3) is 0 Å². The summed E-state index contributed by atoms with van der Waals surface area (Å²) in [5, 5.41) is 5.23. The molecule has 0 rings (SSSR count). The van der Waals surface area contributed by atoms with Gasteiger partial charge in [-0.1, -0.05) is 162 Å². The van der Waals surface area contributed by atoms with Gasteiger partial charge >= 0.3 is 22.1 Å². The Bertz CT molecular complexity index is 1070. The zero-order chi connectivity index (χ0) is 43.0. The fraction of sp³-hybridized carbons (Fsp3) is 0.936. The second-order valence-electron chi connectivity index (χ2n) is 17.1. The molecule has 0 aromatic heterocycles. The maximum absolute atomic E-state index is 12.8. The minimum Gasteiger partial charge on any atom is -0.466 e. The van der Waals surface area contributed by atoms with E-state index in [0.29, 0.717) is 38.2 Å². The highest BCUT2D eigenvalue weighted by atomic mass is 32.2. The number of esters is 2. The molecule has 0 spiro atoms. The van der Waals surface area contributed by atoms with Crippen LogP contribution in [0.2, 0.25) is 0 Å². The minimum absolute atomic E-state index is 0.0234. The van der Waals surface area contributed by atoms with Gasteiger partial charge < -0.3 is 19.3 Å². The Kier molecular flexibility index (Phi) is 39.5. The highest BCUT2D eigenvalue weighted by molar-refractivity contribution is 7.88. The van der Waals surface area contributed by atoms with Gasteiger partial charge in [-0.05, 0) is 70.9 Å². The second kappa shape index (κ2) is 40.7. The maximum Gasteiger partial charge on any atom is 0.318 e. The first-order chi connectivity index (χ1) is 28.0. The monoisotopic (exact) mass is 843 g/mol. The maximum atomic E-state index is 12.8. The van der Waals surface area contributed by atoms with E-state index in [4.69, 9.17) is 14.6 Å². The fourth-order valence-corrected chi connectivity index (χ4v) is 8.04. The van der Waals surface area contributed by atoms with Gasteiger partial charge in [-0.3, -0.25) is 9.59 Å². The summed E-state index contributed by atoms with van der Waals surface area (Å²) >= 11 is 0. The van der Waals surface area contributed by atoms with E-state index in [9.17, 15) is 18.0 Å². The van der Waals surface area contributed by atoms with E-state index in [1.54, 1.807) is 19.0 Å². The number of ether oxygens (including phenoxy) is 2. The Balaban J connectivity index is 4.60. The molecular weight excluding hydrogens is 749 g/mol. The summed E-state index contributed by atoms with van der Waals surface area (Å²) in [6.07, 6.45) is 37.4. The third kappa shape index (κ3) is 39.7. The van der Waals surface area contributed by atoms with Gasteiger partial charge in [0.1, 0.15) is 11.9 Å². The molecule has 344 valence electrons. The highest BCUT2D eigenvalue weighted by Gasteiger charge is 2.15. The van der Waals surface area contributed by atoms with Gasteiger partial charge in [0, 0.05) is 39.9 Å². The Morgan fingerprint density at radius 3 is 1.36 bits per heavy atom. The lowest BCUT2D eigenvalue weighted by Gasteiger charge is -2.24. The molecule has 0 unspecified atom stereocenters. The van der Waals surface area contributed by atoms with Gasteiger partial charge in [-0.2, -0.15) is 8.42 Å². The second-order valence-corrected chi connectivity index (χ2v) is 18.3. The largest absolute Gasteiger partial charge is 0.466 e. The predicted molar refractivity (Wildman–Crippen MR) is 246 cm³/mol. The summed E-state index contributed by atoms with van der Waals surface area (Å²) in [7, 11) is -0.378. The van der Waals surface area contributed by atoms with Gasteiger partial charge in [0.15, 0.2) is 0 Å². The molecule has 58 heavy (non-hydrogen) atoms. The smallest absolute Gasteiger partial charge is 0.318 e. The molecule has 0 aliphatic rings. The summed E-state index contributed by atoms with van der Waals surface area (Å²) in [6, 6.07) is 0. The molecule has 0 saturated heterocycles. The average Bonchev–Trinajstić information content (AvgIpc) is 3.18. The van der Waals surface area contributed by atoms with Crippen molar-refractivity contribution in [2.24, 2.45) is 9.54 Å². The van der Waals surface area contributed by atoms with E-state index < -0.39 is 10.2 Å². The summed E-state index contributed by atoms with van der Waals surface area (Å²) in [5.41, 5.74) is 0. The third-order valence-electron chi connectivity index (χ3n) is 11.2. The van der Waals surface area contributed by atoms with E-state index in [2.05, 4.69) is 30.1 Å². The van der Waals surface area contributed by atoms with E-state index >= 15 is 0 Å². The lowest BCUT2D eigenvalue weighted by molar-refractivity contribution is -0.150. The Labute approximate surface area is 359 Å². The summed E-state index contributed by atoms with van der Waals surface area (Å²) in [5.74, 6) is 0.366. The van der Waals surface area contributed by atoms with Crippen LogP contribution < -0.4 is 5.14 Å². The van der Waals surface area contributed by atoms with Crippen LogP contribution in [0.3, 0.4) is 0 Å². The van der Waals surface area contributed by atoms with Gasteiger partial charge in [-0.15, -0.1) is 4.40 Å².